The lowest BCUT2D eigenvalue weighted by Gasteiger charge is -2.53. The van der Waals surface area contributed by atoms with Crippen molar-refractivity contribution in [2.24, 2.45) is 20.7 Å². The highest BCUT2D eigenvalue weighted by Crippen LogP contribution is 2.45. The smallest absolute Gasteiger partial charge is 0.313 e. The van der Waals surface area contributed by atoms with E-state index in [9.17, 15) is 39.6 Å². The van der Waals surface area contributed by atoms with Gasteiger partial charge in [0.05, 0.1) is 17.4 Å². The first kappa shape index (κ1) is 38.4. The van der Waals surface area contributed by atoms with E-state index in [-0.39, 0.29) is 52.8 Å². The van der Waals surface area contributed by atoms with Crippen LogP contribution >= 0.6 is 34.9 Å². The lowest BCUT2D eigenvalue weighted by molar-refractivity contribution is -0.157. The highest BCUT2D eigenvalue weighted by atomic mass is 32.2. The number of hydrazone groups is 1. The summed E-state index contributed by atoms with van der Waals surface area (Å²) in [6.45, 7) is 4.15. The number of β-lactam (4-membered cyclic amide) rings is 1. The van der Waals surface area contributed by atoms with Gasteiger partial charge in [-0.15, -0.1) is 40.4 Å². The zero-order chi connectivity index (χ0) is 38.9. The Balaban J connectivity index is 1.10. The van der Waals surface area contributed by atoms with E-state index >= 15 is 0 Å². The minimum atomic E-state index is -1.68. The van der Waals surface area contributed by atoms with Crippen molar-refractivity contribution in [2.45, 2.75) is 37.8 Å². The fraction of sp³-hybridized carbons (Fsp3) is 0.355. The zero-order valence-corrected chi connectivity index (χ0v) is 31.2. The number of aliphatic carboxylic acids is 1. The Morgan fingerprint density at radius 1 is 1.28 bits per heavy atom. The van der Waals surface area contributed by atoms with E-state index < -0.39 is 46.1 Å². The summed E-state index contributed by atoms with van der Waals surface area (Å²) in [6.07, 6.45) is 4.63. The quantitative estimate of drug-likeness (QED) is 0.0577. The fourth-order valence-electron chi connectivity index (χ4n) is 5.33. The molecule has 2 saturated heterocycles. The number of hydrogen-bond donors (Lipinski definition) is 8. The van der Waals surface area contributed by atoms with E-state index in [1.54, 1.807) is 24.2 Å². The molecule has 23 heteroatoms. The molecule has 1 aromatic carbocycles. The van der Waals surface area contributed by atoms with Gasteiger partial charge < -0.3 is 41.2 Å². The van der Waals surface area contributed by atoms with Crippen molar-refractivity contribution >= 4 is 81.3 Å². The first-order valence-corrected chi connectivity index (χ1v) is 18.9. The number of rotatable bonds is 13. The first-order chi connectivity index (χ1) is 25.6. The summed E-state index contributed by atoms with van der Waals surface area (Å²) in [7, 11) is 0. The Morgan fingerprint density at radius 3 is 2.74 bits per heavy atom. The van der Waals surface area contributed by atoms with Crippen LogP contribution in [0.1, 0.15) is 32.0 Å². The van der Waals surface area contributed by atoms with E-state index in [0.717, 1.165) is 11.3 Å². The molecule has 3 amide bonds. The Bertz CT molecular complexity index is 2030. The van der Waals surface area contributed by atoms with Gasteiger partial charge in [0.2, 0.25) is 11.5 Å². The van der Waals surface area contributed by atoms with Crippen LogP contribution in [-0.2, 0) is 24.0 Å². The van der Waals surface area contributed by atoms with E-state index in [4.69, 9.17) is 10.6 Å². The number of nitrogens with zero attached hydrogens (tertiary/aromatic N) is 7. The number of nitrogens with one attached hydrogen (secondary N) is 3. The average Bonchev–Trinajstić information content (AvgIpc) is 3.76. The molecule has 0 bridgehead atoms. The van der Waals surface area contributed by atoms with Gasteiger partial charge in [0.1, 0.15) is 29.3 Å². The number of anilines is 1. The van der Waals surface area contributed by atoms with Crippen LogP contribution in [0.2, 0.25) is 0 Å². The van der Waals surface area contributed by atoms with Crippen molar-refractivity contribution in [1.29, 1.82) is 0 Å². The van der Waals surface area contributed by atoms with Crippen LogP contribution in [0.4, 0.5) is 5.13 Å². The molecule has 0 saturated carbocycles. The number of nitrogens with two attached hydrogens (primary N) is 1. The number of thioether (sulfide) groups is 2. The van der Waals surface area contributed by atoms with Crippen molar-refractivity contribution in [2.75, 3.05) is 30.5 Å². The number of aromatic nitrogens is 1. The number of oxime groups is 1. The molecule has 2 aromatic rings. The van der Waals surface area contributed by atoms with E-state index in [1.165, 1.54) is 77.1 Å². The lowest BCUT2D eigenvalue weighted by Crippen LogP contribution is -2.74. The molecule has 0 radical (unpaired) electrons. The molecule has 6 rings (SSSR count). The number of benzene rings is 1. The van der Waals surface area contributed by atoms with Gasteiger partial charge in [-0.1, -0.05) is 5.16 Å². The van der Waals surface area contributed by atoms with Crippen molar-refractivity contribution in [3.8, 4) is 11.5 Å². The predicted octanol–water partition coefficient (Wildman–Crippen LogP) is 0.0920. The molecular weight excluding hydrogens is 767 g/mol. The van der Waals surface area contributed by atoms with Crippen molar-refractivity contribution in [3.05, 3.63) is 58.0 Å². The highest BCUT2D eigenvalue weighted by Gasteiger charge is 2.58. The van der Waals surface area contributed by atoms with Crippen LogP contribution in [0, 0.1) is 5.41 Å². The maximum Gasteiger partial charge on any atom is 0.313 e. The van der Waals surface area contributed by atoms with Gasteiger partial charge >= 0.3 is 5.97 Å². The molecule has 54 heavy (non-hydrogen) atoms. The number of aliphatic imine (C=N–C) groups is 1. The number of aliphatic hydroxyl groups is 1. The third-order valence-electron chi connectivity index (χ3n) is 8.38. The predicted molar refractivity (Wildman–Crippen MR) is 199 cm³/mol. The largest absolute Gasteiger partial charge is 0.504 e. The van der Waals surface area contributed by atoms with Crippen LogP contribution in [-0.4, -0.2) is 123 Å². The topological polar surface area (TPSA) is 280 Å². The molecular formula is C31H35N11O9S3. The highest BCUT2D eigenvalue weighted by molar-refractivity contribution is 8.03. The molecule has 4 aliphatic rings. The molecule has 9 N–H and O–H groups in total. The molecule has 1 aromatic heterocycles. The number of aliphatic hydroxyl groups excluding tert-OH is 1. The maximum atomic E-state index is 13.6. The normalized spacial score (nSPS) is 22.5. The Labute approximate surface area is 319 Å². The van der Waals surface area contributed by atoms with Crippen molar-refractivity contribution < 1.29 is 44.4 Å². The summed E-state index contributed by atoms with van der Waals surface area (Å²) in [5, 5.41) is 54.2. The number of aromatic hydroxyl groups is 2. The summed E-state index contributed by atoms with van der Waals surface area (Å²) >= 11 is 3.53. The molecule has 4 aliphatic heterocycles. The second-order valence-electron chi connectivity index (χ2n) is 12.8. The van der Waals surface area contributed by atoms with Crippen LogP contribution < -0.4 is 22.0 Å². The lowest BCUT2D eigenvalue weighted by atomic mass is 9.89. The van der Waals surface area contributed by atoms with Crippen molar-refractivity contribution in [1.82, 2.24) is 36.2 Å². The zero-order valence-electron chi connectivity index (χ0n) is 28.8. The number of amides is 3. The number of carboxylic acids is 1. The van der Waals surface area contributed by atoms with Gasteiger partial charge in [-0.2, -0.15) is 5.10 Å². The number of phenolic OH excluding ortho intramolecular Hbond substituents is 2. The van der Waals surface area contributed by atoms with Crippen LogP contribution in [0.15, 0.2) is 62.0 Å². The summed E-state index contributed by atoms with van der Waals surface area (Å²) in [6, 6.07) is 2.93. The minimum Gasteiger partial charge on any atom is -0.504 e. The summed E-state index contributed by atoms with van der Waals surface area (Å²) < 4.78 is 0. The Morgan fingerprint density at radius 2 is 2.06 bits per heavy atom. The number of carboxylic acid groups (broad SMARTS) is 1. The van der Waals surface area contributed by atoms with Gasteiger partial charge in [0, 0.05) is 29.1 Å². The van der Waals surface area contributed by atoms with E-state index in [2.05, 4.69) is 36.5 Å². The maximum absolute atomic E-state index is 13.6. The number of hydrazine groups is 2. The van der Waals surface area contributed by atoms with Gasteiger partial charge in [-0.25, -0.2) is 20.4 Å². The van der Waals surface area contributed by atoms with Gasteiger partial charge in [-0.05, 0) is 50.6 Å². The van der Waals surface area contributed by atoms with Crippen molar-refractivity contribution in [3.63, 3.8) is 0 Å². The van der Waals surface area contributed by atoms with Gasteiger partial charge in [0.25, 0.3) is 11.8 Å². The molecule has 286 valence electrons. The molecule has 20 nitrogen and oxygen atoms in total. The number of thiazole rings is 1. The number of nitrogen functional groups attached to an aromatic ring is 1. The van der Waals surface area contributed by atoms with Gasteiger partial charge in [-0.3, -0.25) is 24.2 Å². The molecule has 3 atom stereocenters. The second-order valence-corrected chi connectivity index (χ2v) is 15.8. The molecule has 2 fully saturated rings. The standard InChI is InChI=1S/C31H35N11O9S3/c1-15-6-21(42-20(34-15)9-40(14-43)39-42)53-12-31(28(49)50)11-41-25(47)23(26(41)54-13-31)36-24(46)22(17-10-52-29(32)35-17)38-51-30(2,3)27(48)37-33-8-16-4-5-18(44)19(45)7-16/h4-10,23,26,39,43-45H,11-14H2,1-3H3,(H2,32,35)(H,36,46)(H,37,48)(H,49,50)/t23?,26-,31?/m1/s1. The summed E-state index contributed by atoms with van der Waals surface area (Å²) in [4.78, 5) is 68.1. The third kappa shape index (κ3) is 7.79. The molecule has 5 heterocycles. The SMILES string of the molecule is CC1=NC2=CN(CO)NN2C(SCC2(C(=O)O)CS[C@@H]3C(NC(=O)C(=NOC(C)(C)C(=O)NN=Cc4ccc(O)c(O)c4)c4csc(N)n4)C(=O)N3C2)=C1. The number of hydrogen-bond acceptors (Lipinski definition) is 19. The number of phenols is 2. The Hall–Kier alpha value is -5.36. The number of allylic oxidation sites excluding steroid dienone is 1. The third-order valence-corrected chi connectivity index (χ3v) is 11.9. The summed E-state index contributed by atoms with van der Waals surface area (Å²) in [5.74, 6) is -3.06. The van der Waals surface area contributed by atoms with Crippen LogP contribution in [0.3, 0.4) is 0 Å². The second kappa shape index (κ2) is 15.2. The number of fused-ring (bicyclic) bond motifs is 2. The Kier molecular flexibility index (Phi) is 10.8. The van der Waals surface area contributed by atoms with Crippen LogP contribution in [0.5, 0.6) is 11.5 Å². The molecule has 0 aliphatic carbocycles. The molecule has 0 spiro atoms. The fourth-order valence-corrected chi connectivity index (χ4v) is 8.81. The number of carbonyl (C=O) groups excluding carboxylic acids is 3. The average molecular weight is 802 g/mol. The van der Waals surface area contributed by atoms with Crippen LogP contribution in [0.25, 0.3) is 0 Å². The monoisotopic (exact) mass is 801 g/mol. The van der Waals surface area contributed by atoms with E-state index in [1.807, 2.05) is 0 Å². The summed E-state index contributed by atoms with van der Waals surface area (Å²) in [5.41, 5.74) is 8.80. The van der Waals surface area contributed by atoms with E-state index in [0.29, 0.717) is 22.1 Å². The minimum absolute atomic E-state index is 0.0307. The van der Waals surface area contributed by atoms with Gasteiger partial charge in [0.15, 0.2) is 28.2 Å². The molecule has 2 unspecified atom stereocenters. The first-order valence-electron chi connectivity index (χ1n) is 16.0. The number of carbonyl (C=O) groups is 4.